The minimum atomic E-state index is -0.811. The number of benzene rings is 2. The summed E-state index contributed by atoms with van der Waals surface area (Å²) in [6, 6.07) is 14.5. The molecular formula is C18H19BrN2O4. The summed E-state index contributed by atoms with van der Waals surface area (Å²) in [5, 5.41) is 0. The smallest absolute Gasteiger partial charge is 0.276 e. The third-order valence-corrected chi connectivity index (χ3v) is 3.97. The summed E-state index contributed by atoms with van der Waals surface area (Å²) in [7, 11) is 1.43. The Labute approximate surface area is 154 Å². The van der Waals surface area contributed by atoms with E-state index in [0.717, 1.165) is 10.0 Å². The van der Waals surface area contributed by atoms with Crippen LogP contribution in [0.5, 0.6) is 5.75 Å². The zero-order valence-electron chi connectivity index (χ0n) is 13.9. The van der Waals surface area contributed by atoms with E-state index in [9.17, 15) is 9.59 Å². The molecule has 2 N–H and O–H groups in total. The molecule has 132 valence electrons. The molecular weight excluding hydrogens is 388 g/mol. The molecule has 0 aliphatic heterocycles. The fourth-order valence-corrected chi connectivity index (χ4v) is 2.73. The Hall–Kier alpha value is -2.38. The van der Waals surface area contributed by atoms with Gasteiger partial charge in [-0.3, -0.25) is 20.4 Å². The Bertz CT molecular complexity index is 737. The number of aryl methyl sites for hydroxylation is 1. The lowest BCUT2D eigenvalue weighted by atomic mass is 10.1. The molecule has 25 heavy (non-hydrogen) atoms. The summed E-state index contributed by atoms with van der Waals surface area (Å²) in [5.74, 6) is -0.409. The molecule has 0 saturated carbocycles. The van der Waals surface area contributed by atoms with Crippen LogP contribution in [0.3, 0.4) is 0 Å². The van der Waals surface area contributed by atoms with Crippen molar-refractivity contribution in [3.05, 3.63) is 64.1 Å². The average Bonchev–Trinajstić information content (AvgIpc) is 2.61. The number of hydrazine groups is 1. The highest BCUT2D eigenvalue weighted by Gasteiger charge is 2.20. The molecule has 2 aromatic rings. The number of rotatable bonds is 6. The summed E-state index contributed by atoms with van der Waals surface area (Å²) in [6.07, 6.45) is -0.811. The second-order valence-electron chi connectivity index (χ2n) is 5.29. The quantitative estimate of drug-likeness (QED) is 0.722. The maximum absolute atomic E-state index is 12.1. The molecule has 0 unspecified atom stereocenters. The lowest BCUT2D eigenvalue weighted by molar-refractivity contribution is -0.136. The van der Waals surface area contributed by atoms with E-state index in [-0.39, 0.29) is 6.61 Å². The Morgan fingerprint density at radius 1 is 1.12 bits per heavy atom. The molecule has 0 fully saturated rings. The minimum Gasteiger partial charge on any atom is -0.483 e. The van der Waals surface area contributed by atoms with E-state index in [4.69, 9.17) is 9.47 Å². The number of halogens is 1. The van der Waals surface area contributed by atoms with Gasteiger partial charge in [-0.25, -0.2) is 0 Å². The molecule has 0 aliphatic rings. The van der Waals surface area contributed by atoms with E-state index >= 15 is 0 Å². The molecule has 0 bridgehead atoms. The molecule has 0 aliphatic carbocycles. The van der Waals surface area contributed by atoms with Gasteiger partial charge in [0.1, 0.15) is 5.75 Å². The highest BCUT2D eigenvalue weighted by molar-refractivity contribution is 9.10. The van der Waals surface area contributed by atoms with Crippen molar-refractivity contribution in [2.45, 2.75) is 13.0 Å². The minimum absolute atomic E-state index is 0.231. The van der Waals surface area contributed by atoms with Crippen LogP contribution in [0.15, 0.2) is 53.0 Å². The standard InChI is InChI=1S/C18H19BrN2O4/c1-12-8-9-15(14(19)10-12)25-11-16(22)20-21-18(23)17(24-2)13-6-4-3-5-7-13/h3-10,17H,11H2,1-2H3,(H,20,22)(H,21,23)/t17-/m0/s1. The first-order chi connectivity index (χ1) is 12.0. The predicted octanol–water partition coefficient (Wildman–Crippen LogP) is 2.67. The van der Waals surface area contributed by atoms with Crippen molar-refractivity contribution in [1.29, 1.82) is 0 Å². The van der Waals surface area contributed by atoms with Crippen LogP contribution in [0, 0.1) is 6.92 Å². The molecule has 6 nitrogen and oxygen atoms in total. The van der Waals surface area contributed by atoms with Gasteiger partial charge in [0.2, 0.25) is 0 Å². The predicted molar refractivity (Wildman–Crippen MR) is 96.9 cm³/mol. The number of hydrogen-bond donors (Lipinski definition) is 2. The Morgan fingerprint density at radius 2 is 1.84 bits per heavy atom. The fraction of sp³-hybridized carbons (Fsp3) is 0.222. The van der Waals surface area contributed by atoms with Gasteiger partial charge in [-0.1, -0.05) is 36.4 Å². The number of methoxy groups -OCH3 is 1. The normalized spacial score (nSPS) is 11.5. The summed E-state index contributed by atoms with van der Waals surface area (Å²) >= 11 is 3.37. The van der Waals surface area contributed by atoms with Crippen molar-refractivity contribution >= 4 is 27.7 Å². The van der Waals surface area contributed by atoms with Gasteiger partial charge in [0.25, 0.3) is 11.8 Å². The zero-order chi connectivity index (χ0) is 18.2. The van der Waals surface area contributed by atoms with Crippen LogP contribution >= 0.6 is 15.9 Å². The van der Waals surface area contributed by atoms with Gasteiger partial charge in [-0.15, -0.1) is 0 Å². The largest absolute Gasteiger partial charge is 0.483 e. The first kappa shape index (κ1) is 19.0. The van der Waals surface area contributed by atoms with E-state index in [2.05, 4.69) is 26.8 Å². The third-order valence-electron chi connectivity index (χ3n) is 3.35. The van der Waals surface area contributed by atoms with E-state index in [1.54, 1.807) is 30.3 Å². The average molecular weight is 407 g/mol. The van der Waals surface area contributed by atoms with Gasteiger partial charge in [0.15, 0.2) is 12.7 Å². The lowest BCUT2D eigenvalue weighted by Gasteiger charge is -2.16. The van der Waals surface area contributed by atoms with Gasteiger partial charge in [0, 0.05) is 7.11 Å². The topological polar surface area (TPSA) is 76.7 Å². The van der Waals surface area contributed by atoms with Crippen LogP contribution in [0.2, 0.25) is 0 Å². The molecule has 2 aromatic carbocycles. The van der Waals surface area contributed by atoms with Crippen LogP contribution in [0.25, 0.3) is 0 Å². The van der Waals surface area contributed by atoms with Crippen molar-refractivity contribution in [2.24, 2.45) is 0 Å². The number of hydrogen-bond acceptors (Lipinski definition) is 4. The highest BCUT2D eigenvalue weighted by Crippen LogP contribution is 2.25. The number of carbonyl (C=O) groups is 2. The number of carbonyl (C=O) groups excluding carboxylic acids is 2. The van der Waals surface area contributed by atoms with Gasteiger partial charge in [-0.05, 0) is 46.1 Å². The first-order valence-corrected chi connectivity index (χ1v) is 8.36. The summed E-state index contributed by atoms with van der Waals surface area (Å²) in [4.78, 5) is 24.0. The van der Waals surface area contributed by atoms with Crippen LogP contribution in [-0.2, 0) is 14.3 Å². The molecule has 2 amide bonds. The van der Waals surface area contributed by atoms with Crippen molar-refractivity contribution in [1.82, 2.24) is 10.9 Å². The van der Waals surface area contributed by atoms with E-state index in [1.807, 2.05) is 25.1 Å². The maximum Gasteiger partial charge on any atom is 0.276 e. The zero-order valence-corrected chi connectivity index (χ0v) is 15.5. The van der Waals surface area contributed by atoms with Crippen molar-refractivity contribution in [2.75, 3.05) is 13.7 Å². The van der Waals surface area contributed by atoms with Crippen LogP contribution < -0.4 is 15.6 Å². The molecule has 0 spiro atoms. The number of ether oxygens (including phenoxy) is 2. The molecule has 0 saturated heterocycles. The van der Waals surface area contributed by atoms with Crippen LogP contribution in [0.1, 0.15) is 17.2 Å². The van der Waals surface area contributed by atoms with E-state index in [0.29, 0.717) is 11.3 Å². The van der Waals surface area contributed by atoms with Gasteiger partial charge >= 0.3 is 0 Å². The fourth-order valence-electron chi connectivity index (χ4n) is 2.12. The molecule has 2 rings (SSSR count). The van der Waals surface area contributed by atoms with Gasteiger partial charge < -0.3 is 9.47 Å². The summed E-state index contributed by atoms with van der Waals surface area (Å²) in [6.45, 7) is 1.72. The maximum atomic E-state index is 12.1. The summed E-state index contributed by atoms with van der Waals surface area (Å²) < 4.78 is 11.4. The van der Waals surface area contributed by atoms with E-state index in [1.165, 1.54) is 7.11 Å². The Kier molecular flexibility index (Phi) is 6.97. The SMILES string of the molecule is CO[C@H](C(=O)NNC(=O)COc1ccc(C)cc1Br)c1ccccc1. The molecule has 0 heterocycles. The molecule has 0 aromatic heterocycles. The third kappa shape index (κ3) is 5.58. The lowest BCUT2D eigenvalue weighted by Crippen LogP contribution is -2.46. The molecule has 0 radical (unpaired) electrons. The molecule has 1 atom stereocenters. The van der Waals surface area contributed by atoms with Gasteiger partial charge in [0.05, 0.1) is 4.47 Å². The molecule has 7 heteroatoms. The number of amides is 2. The van der Waals surface area contributed by atoms with E-state index < -0.39 is 17.9 Å². The van der Waals surface area contributed by atoms with Crippen LogP contribution in [-0.4, -0.2) is 25.5 Å². The van der Waals surface area contributed by atoms with Crippen molar-refractivity contribution in [3.8, 4) is 5.75 Å². The van der Waals surface area contributed by atoms with Crippen LogP contribution in [0.4, 0.5) is 0 Å². The Balaban J connectivity index is 1.83. The summed E-state index contributed by atoms with van der Waals surface area (Å²) in [5.41, 5.74) is 6.41. The first-order valence-electron chi connectivity index (χ1n) is 7.56. The van der Waals surface area contributed by atoms with Crippen molar-refractivity contribution < 1.29 is 19.1 Å². The Morgan fingerprint density at radius 3 is 2.48 bits per heavy atom. The van der Waals surface area contributed by atoms with Gasteiger partial charge in [-0.2, -0.15) is 0 Å². The second-order valence-corrected chi connectivity index (χ2v) is 6.14. The monoisotopic (exact) mass is 406 g/mol. The highest BCUT2D eigenvalue weighted by atomic mass is 79.9. The van der Waals surface area contributed by atoms with Crippen molar-refractivity contribution in [3.63, 3.8) is 0 Å². The second kappa shape index (κ2) is 9.19. The number of nitrogens with one attached hydrogen (secondary N) is 2.